The molecule has 1 N–H and O–H groups in total. The Hall–Kier alpha value is -1.36. The van der Waals surface area contributed by atoms with Gasteiger partial charge in [0.1, 0.15) is 10.6 Å². The molecule has 5 heteroatoms. The van der Waals surface area contributed by atoms with Crippen molar-refractivity contribution in [3.63, 3.8) is 0 Å². The van der Waals surface area contributed by atoms with Gasteiger partial charge >= 0.3 is 0 Å². The number of hydrogen-bond acceptors (Lipinski definition) is 5. The summed E-state index contributed by atoms with van der Waals surface area (Å²) in [6, 6.07) is 2.65. The molecule has 0 saturated heterocycles. The molecule has 0 radical (unpaired) electrons. The first-order valence-electron chi connectivity index (χ1n) is 7.67. The van der Waals surface area contributed by atoms with Crippen LogP contribution in [0.1, 0.15) is 39.0 Å². The van der Waals surface area contributed by atoms with Crippen LogP contribution < -0.4 is 10.2 Å². The normalized spacial score (nSPS) is 12.9. The van der Waals surface area contributed by atoms with Gasteiger partial charge in [0.05, 0.1) is 5.39 Å². The lowest BCUT2D eigenvalue weighted by Gasteiger charge is -2.28. The Kier molecular flexibility index (Phi) is 5.04. The molecule has 2 aromatic rings. The summed E-state index contributed by atoms with van der Waals surface area (Å²) in [6.45, 7) is 11.8. The van der Waals surface area contributed by atoms with E-state index in [0.717, 1.165) is 34.9 Å². The molecule has 0 fully saturated rings. The number of hydrogen-bond donors (Lipinski definition) is 1. The molecule has 0 saturated carbocycles. The third kappa shape index (κ3) is 3.64. The fourth-order valence-corrected chi connectivity index (χ4v) is 3.46. The lowest BCUT2D eigenvalue weighted by molar-refractivity contribution is 0.503. The fraction of sp³-hybridized carbons (Fsp3) is 0.625. The standard InChI is InChI=1S/C16H26N4S/c1-7-17-16-18-14(20(6)11(4)8-10(2)3)13-9-12(5)21-15(13)19-16/h9-11H,7-8H2,1-6H3,(H,17,18,19). The molecular weight excluding hydrogens is 280 g/mol. The van der Waals surface area contributed by atoms with Crippen LogP contribution in [0, 0.1) is 12.8 Å². The molecule has 2 heterocycles. The zero-order chi connectivity index (χ0) is 15.6. The second-order valence-corrected chi connectivity index (χ2v) is 7.30. The van der Waals surface area contributed by atoms with E-state index < -0.39 is 0 Å². The van der Waals surface area contributed by atoms with Crippen molar-refractivity contribution >= 4 is 33.3 Å². The number of rotatable bonds is 6. The highest BCUT2D eigenvalue weighted by Gasteiger charge is 2.18. The summed E-state index contributed by atoms with van der Waals surface area (Å²) in [7, 11) is 2.14. The highest BCUT2D eigenvalue weighted by atomic mass is 32.1. The van der Waals surface area contributed by atoms with E-state index in [1.165, 1.54) is 4.88 Å². The van der Waals surface area contributed by atoms with Crippen molar-refractivity contribution in [2.24, 2.45) is 5.92 Å². The molecule has 21 heavy (non-hydrogen) atoms. The van der Waals surface area contributed by atoms with Crippen molar-refractivity contribution in [3.8, 4) is 0 Å². The number of fused-ring (bicyclic) bond motifs is 1. The van der Waals surface area contributed by atoms with Crippen LogP contribution in [0.2, 0.25) is 0 Å². The molecule has 0 aliphatic carbocycles. The second kappa shape index (κ2) is 6.60. The first-order valence-corrected chi connectivity index (χ1v) is 8.48. The van der Waals surface area contributed by atoms with Crippen LogP contribution >= 0.6 is 11.3 Å². The van der Waals surface area contributed by atoms with Gasteiger partial charge in [-0.2, -0.15) is 4.98 Å². The van der Waals surface area contributed by atoms with Gasteiger partial charge in [-0.25, -0.2) is 4.98 Å². The summed E-state index contributed by atoms with van der Waals surface area (Å²) < 4.78 is 0. The Balaban J connectivity index is 2.44. The summed E-state index contributed by atoms with van der Waals surface area (Å²) in [4.78, 5) is 14.0. The van der Waals surface area contributed by atoms with E-state index in [2.05, 4.69) is 62.9 Å². The minimum atomic E-state index is 0.456. The van der Waals surface area contributed by atoms with Gasteiger partial charge in [-0.3, -0.25) is 0 Å². The van der Waals surface area contributed by atoms with Crippen molar-refractivity contribution in [2.45, 2.75) is 47.1 Å². The molecule has 116 valence electrons. The van der Waals surface area contributed by atoms with Crippen molar-refractivity contribution in [1.82, 2.24) is 9.97 Å². The summed E-state index contributed by atoms with van der Waals surface area (Å²) in [5.74, 6) is 2.44. The predicted octanol–water partition coefficient (Wildman–Crippen LogP) is 4.30. The van der Waals surface area contributed by atoms with Gasteiger partial charge in [0.15, 0.2) is 0 Å². The molecule has 1 atom stereocenters. The number of nitrogens with one attached hydrogen (secondary N) is 1. The smallest absolute Gasteiger partial charge is 0.226 e. The monoisotopic (exact) mass is 306 g/mol. The van der Waals surface area contributed by atoms with Crippen LogP contribution in [0.25, 0.3) is 10.2 Å². The van der Waals surface area contributed by atoms with Crippen LogP contribution in [0.3, 0.4) is 0 Å². The van der Waals surface area contributed by atoms with Gasteiger partial charge in [0, 0.05) is 24.5 Å². The third-order valence-electron chi connectivity index (χ3n) is 3.64. The largest absolute Gasteiger partial charge is 0.356 e. The van der Waals surface area contributed by atoms with E-state index in [1.807, 2.05) is 0 Å². The number of thiophene rings is 1. The number of aromatic nitrogens is 2. The minimum Gasteiger partial charge on any atom is -0.356 e. The Bertz CT molecular complexity index is 606. The van der Waals surface area contributed by atoms with Crippen LogP contribution in [-0.4, -0.2) is 29.6 Å². The molecule has 2 rings (SSSR count). The molecule has 0 spiro atoms. The summed E-state index contributed by atoms with van der Waals surface area (Å²) in [6.07, 6.45) is 1.15. The van der Waals surface area contributed by atoms with Crippen molar-refractivity contribution in [1.29, 1.82) is 0 Å². The lowest BCUT2D eigenvalue weighted by Crippen LogP contribution is -2.31. The highest BCUT2D eigenvalue weighted by Crippen LogP contribution is 2.32. The van der Waals surface area contributed by atoms with Gasteiger partial charge in [-0.15, -0.1) is 11.3 Å². The SMILES string of the molecule is CCNc1nc(N(C)C(C)CC(C)C)c2cc(C)sc2n1. The average Bonchev–Trinajstić information content (AvgIpc) is 2.76. The lowest BCUT2D eigenvalue weighted by atomic mass is 10.0. The molecule has 0 aromatic carbocycles. The Morgan fingerprint density at radius 3 is 2.62 bits per heavy atom. The minimum absolute atomic E-state index is 0.456. The Morgan fingerprint density at radius 1 is 1.29 bits per heavy atom. The van der Waals surface area contributed by atoms with E-state index in [-0.39, 0.29) is 0 Å². The predicted molar refractivity (Wildman–Crippen MR) is 93.6 cm³/mol. The first-order chi connectivity index (χ1) is 9.92. The maximum absolute atomic E-state index is 4.74. The van der Waals surface area contributed by atoms with E-state index >= 15 is 0 Å². The van der Waals surface area contributed by atoms with E-state index in [1.54, 1.807) is 11.3 Å². The van der Waals surface area contributed by atoms with Crippen molar-refractivity contribution in [3.05, 3.63) is 10.9 Å². The molecule has 4 nitrogen and oxygen atoms in total. The van der Waals surface area contributed by atoms with Gasteiger partial charge in [0.25, 0.3) is 0 Å². The van der Waals surface area contributed by atoms with E-state index in [4.69, 9.17) is 4.98 Å². The van der Waals surface area contributed by atoms with Gasteiger partial charge < -0.3 is 10.2 Å². The summed E-state index contributed by atoms with van der Waals surface area (Å²) in [5.41, 5.74) is 0. The van der Waals surface area contributed by atoms with Gasteiger partial charge in [0.2, 0.25) is 5.95 Å². The zero-order valence-corrected chi connectivity index (χ0v) is 14.7. The van der Waals surface area contributed by atoms with E-state index in [9.17, 15) is 0 Å². The van der Waals surface area contributed by atoms with Crippen LogP contribution in [0.15, 0.2) is 6.07 Å². The maximum Gasteiger partial charge on any atom is 0.226 e. The molecule has 0 aliphatic rings. The molecule has 0 aliphatic heterocycles. The van der Waals surface area contributed by atoms with E-state index in [0.29, 0.717) is 12.0 Å². The molecule has 1 unspecified atom stereocenters. The molecule has 0 amide bonds. The third-order valence-corrected chi connectivity index (χ3v) is 4.58. The summed E-state index contributed by atoms with van der Waals surface area (Å²) in [5, 5.41) is 4.41. The van der Waals surface area contributed by atoms with Gasteiger partial charge in [-0.1, -0.05) is 13.8 Å². The quantitative estimate of drug-likeness (QED) is 0.864. The topological polar surface area (TPSA) is 41.1 Å². The summed E-state index contributed by atoms with van der Waals surface area (Å²) >= 11 is 1.73. The maximum atomic E-state index is 4.74. The van der Waals surface area contributed by atoms with Crippen LogP contribution in [0.5, 0.6) is 0 Å². The molecule has 2 aromatic heterocycles. The molecular formula is C16H26N4S. The Labute approximate surface area is 131 Å². The number of nitrogens with zero attached hydrogens (tertiary/aromatic N) is 3. The van der Waals surface area contributed by atoms with Gasteiger partial charge in [-0.05, 0) is 39.2 Å². The van der Waals surface area contributed by atoms with Crippen LogP contribution in [-0.2, 0) is 0 Å². The fourth-order valence-electron chi connectivity index (χ4n) is 2.58. The van der Waals surface area contributed by atoms with Crippen molar-refractivity contribution < 1.29 is 0 Å². The number of anilines is 2. The van der Waals surface area contributed by atoms with Crippen LogP contribution in [0.4, 0.5) is 11.8 Å². The number of aryl methyl sites for hydroxylation is 1. The Morgan fingerprint density at radius 2 is 2.00 bits per heavy atom. The first kappa shape index (κ1) is 16.0. The highest BCUT2D eigenvalue weighted by molar-refractivity contribution is 7.18. The molecule has 0 bridgehead atoms. The zero-order valence-electron chi connectivity index (χ0n) is 13.9. The average molecular weight is 306 g/mol. The second-order valence-electron chi connectivity index (χ2n) is 6.07. The van der Waals surface area contributed by atoms with Crippen molar-refractivity contribution in [2.75, 3.05) is 23.8 Å².